The Morgan fingerprint density at radius 3 is 2.75 bits per heavy atom. The number of methoxy groups -OCH3 is 2. The summed E-state index contributed by atoms with van der Waals surface area (Å²) in [6.07, 6.45) is 1.41. The molecule has 0 aliphatic rings. The number of anilines is 1. The van der Waals surface area contributed by atoms with Gasteiger partial charge in [-0.2, -0.15) is 0 Å². The SMILES string of the molecule is COCC(CO)Nc1ncnc(OC)c1C. The van der Waals surface area contributed by atoms with E-state index in [0.717, 1.165) is 5.56 Å². The van der Waals surface area contributed by atoms with Gasteiger partial charge in [0.05, 0.1) is 31.9 Å². The Morgan fingerprint density at radius 2 is 2.19 bits per heavy atom. The lowest BCUT2D eigenvalue weighted by Crippen LogP contribution is -2.29. The van der Waals surface area contributed by atoms with E-state index in [4.69, 9.17) is 14.6 Å². The van der Waals surface area contributed by atoms with Crippen molar-refractivity contribution < 1.29 is 14.6 Å². The van der Waals surface area contributed by atoms with Gasteiger partial charge in [-0.3, -0.25) is 0 Å². The van der Waals surface area contributed by atoms with Gasteiger partial charge in [0, 0.05) is 7.11 Å². The molecule has 1 aromatic heterocycles. The molecule has 0 fully saturated rings. The molecular formula is C10H17N3O3. The van der Waals surface area contributed by atoms with Crippen LogP contribution in [0.25, 0.3) is 0 Å². The Morgan fingerprint density at radius 1 is 1.44 bits per heavy atom. The summed E-state index contributed by atoms with van der Waals surface area (Å²) in [5, 5.41) is 12.2. The fourth-order valence-corrected chi connectivity index (χ4v) is 1.32. The van der Waals surface area contributed by atoms with E-state index in [2.05, 4.69) is 15.3 Å². The van der Waals surface area contributed by atoms with Crippen LogP contribution in [-0.4, -0.2) is 48.5 Å². The summed E-state index contributed by atoms with van der Waals surface area (Å²) in [6, 6.07) is -0.191. The summed E-state index contributed by atoms with van der Waals surface area (Å²) in [5.41, 5.74) is 0.805. The Hall–Kier alpha value is -1.40. The summed E-state index contributed by atoms with van der Waals surface area (Å²) in [4.78, 5) is 8.06. The second kappa shape index (κ2) is 6.24. The van der Waals surface area contributed by atoms with Crippen molar-refractivity contribution in [2.45, 2.75) is 13.0 Å². The zero-order valence-corrected chi connectivity index (χ0v) is 9.73. The highest BCUT2D eigenvalue weighted by Gasteiger charge is 2.12. The van der Waals surface area contributed by atoms with Gasteiger partial charge >= 0.3 is 0 Å². The second-order valence-corrected chi connectivity index (χ2v) is 3.34. The number of ether oxygens (including phenoxy) is 2. The van der Waals surface area contributed by atoms with Crippen molar-refractivity contribution in [3.05, 3.63) is 11.9 Å². The first kappa shape index (κ1) is 12.7. The van der Waals surface area contributed by atoms with Crippen LogP contribution in [0.3, 0.4) is 0 Å². The Kier molecular flexibility index (Phi) is 4.94. The lowest BCUT2D eigenvalue weighted by molar-refractivity contribution is 0.153. The summed E-state index contributed by atoms with van der Waals surface area (Å²) >= 11 is 0. The number of aliphatic hydroxyl groups excluding tert-OH is 1. The third kappa shape index (κ3) is 3.04. The number of nitrogens with zero attached hydrogens (tertiary/aromatic N) is 2. The van der Waals surface area contributed by atoms with Crippen molar-refractivity contribution in [2.24, 2.45) is 0 Å². The van der Waals surface area contributed by atoms with E-state index in [1.807, 2.05) is 6.92 Å². The predicted octanol–water partition coefficient (Wildman–Crippen LogP) is 0.213. The van der Waals surface area contributed by atoms with Gasteiger partial charge in [-0.1, -0.05) is 0 Å². The van der Waals surface area contributed by atoms with Crippen molar-refractivity contribution in [2.75, 3.05) is 32.8 Å². The van der Waals surface area contributed by atoms with E-state index in [1.54, 1.807) is 14.2 Å². The molecule has 1 aromatic rings. The van der Waals surface area contributed by atoms with E-state index in [9.17, 15) is 0 Å². The minimum absolute atomic E-state index is 0.0282. The average Bonchev–Trinajstić information content (AvgIpc) is 2.31. The Bertz CT molecular complexity index is 333. The molecular weight excluding hydrogens is 210 g/mol. The highest BCUT2D eigenvalue weighted by Crippen LogP contribution is 2.20. The first-order valence-electron chi connectivity index (χ1n) is 4.94. The quantitative estimate of drug-likeness (QED) is 0.723. The molecule has 0 saturated heterocycles. The normalized spacial score (nSPS) is 12.2. The number of nitrogens with one attached hydrogen (secondary N) is 1. The molecule has 1 heterocycles. The second-order valence-electron chi connectivity index (χ2n) is 3.34. The lowest BCUT2D eigenvalue weighted by atomic mass is 10.3. The van der Waals surface area contributed by atoms with Gasteiger partial charge in [0.25, 0.3) is 0 Å². The number of aromatic nitrogens is 2. The molecule has 0 aliphatic carbocycles. The molecule has 16 heavy (non-hydrogen) atoms. The van der Waals surface area contributed by atoms with Gasteiger partial charge in [0.1, 0.15) is 12.1 Å². The molecule has 0 saturated carbocycles. The van der Waals surface area contributed by atoms with Crippen molar-refractivity contribution in [3.63, 3.8) is 0 Å². The van der Waals surface area contributed by atoms with Crippen molar-refractivity contribution in [1.82, 2.24) is 9.97 Å². The molecule has 6 heteroatoms. The molecule has 0 bridgehead atoms. The van der Waals surface area contributed by atoms with Gasteiger partial charge in [-0.15, -0.1) is 0 Å². The van der Waals surface area contributed by atoms with Crippen LogP contribution in [0, 0.1) is 6.92 Å². The van der Waals surface area contributed by atoms with Crippen LogP contribution in [0.5, 0.6) is 5.88 Å². The maximum atomic E-state index is 9.12. The van der Waals surface area contributed by atoms with Crippen LogP contribution in [-0.2, 0) is 4.74 Å². The smallest absolute Gasteiger partial charge is 0.221 e. The number of hydrogen-bond donors (Lipinski definition) is 2. The van der Waals surface area contributed by atoms with Gasteiger partial charge in [-0.25, -0.2) is 9.97 Å². The van der Waals surface area contributed by atoms with Crippen LogP contribution in [0.1, 0.15) is 5.56 Å². The lowest BCUT2D eigenvalue weighted by Gasteiger charge is -2.17. The molecule has 1 unspecified atom stereocenters. The molecule has 6 nitrogen and oxygen atoms in total. The highest BCUT2D eigenvalue weighted by molar-refractivity contribution is 5.48. The summed E-state index contributed by atoms with van der Waals surface area (Å²) < 4.78 is 10.0. The van der Waals surface area contributed by atoms with E-state index in [-0.39, 0.29) is 12.6 Å². The van der Waals surface area contributed by atoms with Crippen LogP contribution in [0.2, 0.25) is 0 Å². The molecule has 90 valence electrons. The van der Waals surface area contributed by atoms with Crippen molar-refractivity contribution in [1.29, 1.82) is 0 Å². The van der Waals surface area contributed by atoms with Crippen molar-refractivity contribution in [3.8, 4) is 5.88 Å². The number of hydrogen-bond acceptors (Lipinski definition) is 6. The fraction of sp³-hybridized carbons (Fsp3) is 0.600. The molecule has 0 radical (unpaired) electrons. The molecule has 0 spiro atoms. The minimum Gasteiger partial charge on any atom is -0.481 e. The molecule has 0 amide bonds. The molecule has 2 N–H and O–H groups in total. The molecule has 0 aromatic carbocycles. The molecule has 1 rings (SSSR count). The number of rotatable bonds is 6. The first-order chi connectivity index (χ1) is 7.72. The van der Waals surface area contributed by atoms with Crippen LogP contribution in [0.15, 0.2) is 6.33 Å². The maximum Gasteiger partial charge on any atom is 0.221 e. The van der Waals surface area contributed by atoms with E-state index in [1.165, 1.54) is 6.33 Å². The predicted molar refractivity (Wildman–Crippen MR) is 59.7 cm³/mol. The van der Waals surface area contributed by atoms with Crippen LogP contribution in [0.4, 0.5) is 5.82 Å². The topological polar surface area (TPSA) is 76.5 Å². The molecule has 1 atom stereocenters. The first-order valence-corrected chi connectivity index (χ1v) is 4.94. The Balaban J connectivity index is 2.79. The van der Waals surface area contributed by atoms with E-state index < -0.39 is 0 Å². The fourth-order valence-electron chi connectivity index (χ4n) is 1.32. The Labute approximate surface area is 94.6 Å². The summed E-state index contributed by atoms with van der Waals surface area (Å²) in [6.45, 7) is 2.23. The summed E-state index contributed by atoms with van der Waals surface area (Å²) in [7, 11) is 3.13. The van der Waals surface area contributed by atoms with Crippen LogP contribution >= 0.6 is 0 Å². The monoisotopic (exact) mass is 227 g/mol. The maximum absolute atomic E-state index is 9.12. The standard InChI is InChI=1S/C10H17N3O3/c1-7-9(11-6-12-10(7)16-3)13-8(4-14)5-15-2/h6,8,14H,4-5H2,1-3H3,(H,11,12,13). The van der Waals surface area contributed by atoms with Crippen molar-refractivity contribution >= 4 is 5.82 Å². The third-order valence-electron chi connectivity index (χ3n) is 2.16. The van der Waals surface area contributed by atoms with Gasteiger partial charge in [0.15, 0.2) is 0 Å². The largest absolute Gasteiger partial charge is 0.481 e. The summed E-state index contributed by atoms with van der Waals surface area (Å²) in [5.74, 6) is 1.16. The zero-order chi connectivity index (χ0) is 12.0. The minimum atomic E-state index is -0.191. The third-order valence-corrected chi connectivity index (χ3v) is 2.16. The average molecular weight is 227 g/mol. The van der Waals surface area contributed by atoms with Gasteiger partial charge in [-0.05, 0) is 6.92 Å². The van der Waals surface area contributed by atoms with Gasteiger partial charge < -0.3 is 19.9 Å². The molecule has 0 aliphatic heterocycles. The van der Waals surface area contributed by atoms with E-state index >= 15 is 0 Å². The van der Waals surface area contributed by atoms with E-state index in [0.29, 0.717) is 18.3 Å². The van der Waals surface area contributed by atoms with Gasteiger partial charge in [0.2, 0.25) is 5.88 Å². The highest BCUT2D eigenvalue weighted by atomic mass is 16.5. The van der Waals surface area contributed by atoms with Crippen LogP contribution < -0.4 is 10.1 Å². The zero-order valence-electron chi connectivity index (χ0n) is 9.73. The number of aliphatic hydroxyl groups is 1.